The van der Waals surface area contributed by atoms with Crippen LogP contribution in [0.5, 0.6) is 0 Å². The minimum Gasteiger partial charge on any atom is -0.755 e. The number of hydrogen-bond acceptors (Lipinski definition) is 6. The summed E-state index contributed by atoms with van der Waals surface area (Å²) < 4.78 is 43.0. The molecule has 1 aliphatic heterocycles. The highest BCUT2D eigenvalue weighted by Gasteiger charge is 2.18. The van der Waals surface area contributed by atoms with Gasteiger partial charge in [0, 0.05) is 55.4 Å². The summed E-state index contributed by atoms with van der Waals surface area (Å²) in [6.07, 6.45) is -0.399. The quantitative estimate of drug-likeness (QED) is 0.654. The lowest BCUT2D eigenvalue weighted by Gasteiger charge is -2.34. The van der Waals surface area contributed by atoms with Gasteiger partial charge < -0.3 is 24.4 Å². The van der Waals surface area contributed by atoms with Crippen molar-refractivity contribution in [2.75, 3.05) is 55.5 Å². The molecule has 1 atom stereocenters. The normalized spacial score (nSPS) is 16.9. The lowest BCUT2D eigenvalue weighted by atomic mass is 10.2. The van der Waals surface area contributed by atoms with Crippen molar-refractivity contribution in [1.82, 2.24) is 10.2 Å². The number of hydrogen-bond donors (Lipinski definition) is 1. The number of amides is 1. The first-order chi connectivity index (χ1) is 14.1. The van der Waals surface area contributed by atoms with Crippen molar-refractivity contribution in [2.24, 2.45) is 0 Å². The first-order valence-electron chi connectivity index (χ1n) is 9.74. The van der Waals surface area contributed by atoms with E-state index in [-0.39, 0.29) is 18.7 Å². The van der Waals surface area contributed by atoms with E-state index in [1.54, 1.807) is 32.9 Å². The Balaban J connectivity index is 2.00. The first kappa shape index (κ1) is 24.1. The number of piperazine rings is 1. The number of carbonyl (C=O) groups excluding carboxylic acids is 1. The number of likely N-dealkylation sites (N-methyl/N-ethyl adjacent to an activating group) is 1. The zero-order valence-corrected chi connectivity index (χ0v) is 18.7. The minimum atomic E-state index is -2.61. The Hall–Kier alpha value is -2.17. The third kappa shape index (κ3) is 7.58. The van der Waals surface area contributed by atoms with Gasteiger partial charge in [-0.1, -0.05) is 0 Å². The molecule has 0 aromatic heterocycles. The van der Waals surface area contributed by atoms with Crippen LogP contribution < -0.4 is 14.5 Å². The molecule has 1 unspecified atom stereocenters. The first-order valence-corrected chi connectivity index (χ1v) is 10.8. The summed E-state index contributed by atoms with van der Waals surface area (Å²) in [5.41, 5.74) is 0.833. The molecular weight excluding hydrogens is 411 g/mol. The summed E-state index contributed by atoms with van der Waals surface area (Å²) in [6, 6.07) is 7.11. The number of rotatable bonds is 7. The molecular formula is C20H30FN4O4S-. The van der Waals surface area contributed by atoms with Crippen molar-refractivity contribution in [3.05, 3.63) is 36.2 Å². The molecule has 168 valence electrons. The van der Waals surface area contributed by atoms with Crippen LogP contribution in [0.1, 0.15) is 20.8 Å². The summed E-state index contributed by atoms with van der Waals surface area (Å²) >= 11 is -2.61. The highest BCUT2D eigenvalue weighted by Crippen LogP contribution is 2.23. The Kier molecular flexibility index (Phi) is 8.63. The number of nitrogens with zero attached hydrogens (tertiary/aromatic N) is 3. The summed E-state index contributed by atoms with van der Waals surface area (Å²) in [7, 11) is 2.08. The number of halogens is 1. The van der Waals surface area contributed by atoms with E-state index in [4.69, 9.17) is 4.74 Å². The maximum atomic E-state index is 13.3. The third-order valence-electron chi connectivity index (χ3n) is 4.55. The van der Waals surface area contributed by atoms with E-state index in [9.17, 15) is 17.9 Å². The molecule has 8 nitrogen and oxygen atoms in total. The second-order valence-corrected chi connectivity index (χ2v) is 9.06. The topological polar surface area (TPSA) is 88.2 Å². The molecule has 10 heteroatoms. The maximum absolute atomic E-state index is 13.3. The lowest BCUT2D eigenvalue weighted by molar-refractivity contribution is 0.0532. The second-order valence-electron chi connectivity index (χ2n) is 8.18. The molecule has 0 aliphatic carbocycles. The molecule has 1 amide bonds. The summed E-state index contributed by atoms with van der Waals surface area (Å²) in [5, 5.41) is 2.43. The highest BCUT2D eigenvalue weighted by molar-refractivity contribution is 7.80. The van der Waals surface area contributed by atoms with Gasteiger partial charge in [-0.15, -0.1) is 0 Å². The Morgan fingerprint density at radius 2 is 1.87 bits per heavy atom. The van der Waals surface area contributed by atoms with Crippen molar-refractivity contribution in [3.63, 3.8) is 0 Å². The molecule has 1 aromatic carbocycles. The molecule has 1 aliphatic rings. The van der Waals surface area contributed by atoms with E-state index in [1.807, 2.05) is 12.1 Å². The summed E-state index contributed by atoms with van der Waals surface area (Å²) in [6.45, 7) is 8.48. The van der Waals surface area contributed by atoms with Gasteiger partial charge in [0.1, 0.15) is 5.60 Å². The Morgan fingerprint density at radius 3 is 2.37 bits per heavy atom. The van der Waals surface area contributed by atoms with Gasteiger partial charge in [-0.05, 0) is 57.7 Å². The SMILES string of the molecule is CN1CCN(c2ccc(N(C/C(=C/F)CNC(=O)OC(C)(C)C)S(=O)[O-])cc2)CC1. The zero-order chi connectivity index (χ0) is 22.3. The largest absolute Gasteiger partial charge is 0.755 e. The molecule has 1 saturated heterocycles. The van der Waals surface area contributed by atoms with Gasteiger partial charge >= 0.3 is 6.09 Å². The fourth-order valence-corrected chi connectivity index (χ4v) is 3.50. The van der Waals surface area contributed by atoms with Crippen LogP contribution in [-0.2, 0) is 16.0 Å². The van der Waals surface area contributed by atoms with E-state index in [0.717, 1.165) is 36.2 Å². The smallest absolute Gasteiger partial charge is 0.407 e. The number of carbonyl (C=O) groups is 1. The van der Waals surface area contributed by atoms with E-state index in [0.29, 0.717) is 12.0 Å². The van der Waals surface area contributed by atoms with E-state index in [1.165, 1.54) is 0 Å². The van der Waals surface area contributed by atoms with Crippen molar-refractivity contribution in [2.45, 2.75) is 26.4 Å². The predicted octanol–water partition coefficient (Wildman–Crippen LogP) is 2.42. The maximum Gasteiger partial charge on any atom is 0.407 e. The predicted molar refractivity (Wildman–Crippen MR) is 116 cm³/mol. The minimum absolute atomic E-state index is 0.0909. The molecule has 1 heterocycles. The van der Waals surface area contributed by atoms with E-state index < -0.39 is 23.0 Å². The molecule has 30 heavy (non-hydrogen) atoms. The van der Waals surface area contributed by atoms with Gasteiger partial charge in [0.25, 0.3) is 0 Å². The van der Waals surface area contributed by atoms with Crippen molar-refractivity contribution < 1.29 is 22.7 Å². The molecule has 0 radical (unpaired) electrons. The molecule has 0 spiro atoms. The summed E-state index contributed by atoms with van der Waals surface area (Å²) in [5.74, 6) is 0. The number of ether oxygens (including phenoxy) is 1. The molecule has 2 rings (SSSR count). The standard InChI is InChI=1S/C20H31FN4O4S/c1-20(2,3)29-19(26)22-14-16(13-21)15-25(30(27)28)18-7-5-17(6-8-18)24-11-9-23(4)10-12-24/h5-8,13H,9-12,14-15H2,1-4H3,(H,22,26)(H,27,28)/p-1/b16-13+. The van der Waals surface area contributed by atoms with Crippen LogP contribution in [0.15, 0.2) is 36.2 Å². The number of alkyl carbamates (subject to hydrolysis) is 1. The molecule has 1 N–H and O–H groups in total. The van der Waals surface area contributed by atoms with Crippen molar-refractivity contribution >= 4 is 28.7 Å². The van der Waals surface area contributed by atoms with Gasteiger partial charge in [0.05, 0.1) is 12.9 Å². The Labute approximate surface area is 180 Å². The fraction of sp³-hybridized carbons (Fsp3) is 0.550. The van der Waals surface area contributed by atoms with Crippen LogP contribution in [0.4, 0.5) is 20.6 Å². The lowest BCUT2D eigenvalue weighted by Crippen LogP contribution is -2.44. The number of anilines is 2. The molecule has 0 bridgehead atoms. The van der Waals surface area contributed by atoms with Crippen molar-refractivity contribution in [3.8, 4) is 0 Å². The Morgan fingerprint density at radius 1 is 1.27 bits per heavy atom. The van der Waals surface area contributed by atoms with Crippen LogP contribution in [-0.4, -0.2) is 71.7 Å². The van der Waals surface area contributed by atoms with Crippen molar-refractivity contribution in [1.29, 1.82) is 0 Å². The zero-order valence-electron chi connectivity index (χ0n) is 17.9. The number of benzene rings is 1. The van der Waals surface area contributed by atoms with Gasteiger partial charge in [0.15, 0.2) is 0 Å². The van der Waals surface area contributed by atoms with Gasteiger partial charge in [-0.25, -0.2) is 9.18 Å². The van der Waals surface area contributed by atoms with Gasteiger partial charge in [0.2, 0.25) is 0 Å². The van der Waals surface area contributed by atoms with Crippen LogP contribution in [0.3, 0.4) is 0 Å². The summed E-state index contributed by atoms with van der Waals surface area (Å²) in [4.78, 5) is 16.2. The van der Waals surface area contributed by atoms with E-state index >= 15 is 0 Å². The fourth-order valence-electron chi connectivity index (χ4n) is 2.94. The monoisotopic (exact) mass is 441 g/mol. The second kappa shape index (κ2) is 10.7. The van der Waals surface area contributed by atoms with Crippen LogP contribution in [0, 0.1) is 0 Å². The van der Waals surface area contributed by atoms with Gasteiger partial charge in [-0.3, -0.25) is 8.51 Å². The van der Waals surface area contributed by atoms with E-state index in [2.05, 4.69) is 22.2 Å². The van der Waals surface area contributed by atoms with Crippen LogP contribution in [0.25, 0.3) is 0 Å². The van der Waals surface area contributed by atoms with Gasteiger partial charge in [-0.2, -0.15) is 0 Å². The molecule has 1 fully saturated rings. The number of nitrogens with one attached hydrogen (secondary N) is 1. The Bertz CT molecular complexity index is 759. The van der Waals surface area contributed by atoms with Crippen LogP contribution in [0.2, 0.25) is 0 Å². The molecule has 0 saturated carbocycles. The van der Waals surface area contributed by atoms with Crippen LogP contribution >= 0.6 is 0 Å². The average Bonchev–Trinajstić information content (AvgIpc) is 2.67. The average molecular weight is 442 g/mol. The molecule has 1 aromatic rings. The third-order valence-corrected chi connectivity index (χ3v) is 5.25. The highest BCUT2D eigenvalue weighted by atomic mass is 32.2.